The molecule has 0 bridgehead atoms. The largest absolute Gasteiger partial charge is 0.436 e. The fourth-order valence-corrected chi connectivity index (χ4v) is 4.93. The summed E-state index contributed by atoms with van der Waals surface area (Å²) in [5.74, 6) is 1.96. The van der Waals surface area contributed by atoms with Crippen LogP contribution in [-0.4, -0.2) is 49.0 Å². The molecule has 12 heteroatoms. The molecule has 0 unspecified atom stereocenters. The van der Waals surface area contributed by atoms with Gasteiger partial charge in [-0.05, 0) is 40.5 Å². The van der Waals surface area contributed by atoms with Crippen molar-refractivity contribution in [2.24, 2.45) is 5.73 Å². The summed E-state index contributed by atoms with van der Waals surface area (Å²) in [6.07, 6.45) is 5.27. The van der Waals surface area contributed by atoms with Crippen molar-refractivity contribution in [3.63, 3.8) is 0 Å². The van der Waals surface area contributed by atoms with E-state index in [0.717, 1.165) is 46.4 Å². The van der Waals surface area contributed by atoms with Crippen LogP contribution in [0.4, 0.5) is 5.82 Å². The topological polar surface area (TPSA) is 152 Å². The zero-order valence-electron chi connectivity index (χ0n) is 19.6. The predicted octanol–water partition coefficient (Wildman–Crippen LogP) is 4.22. The number of ether oxygens (including phenoxy) is 2. The molecule has 0 amide bonds. The van der Waals surface area contributed by atoms with Crippen LogP contribution in [0.15, 0.2) is 47.5 Å². The lowest BCUT2D eigenvalue weighted by molar-refractivity contribution is 0.416. The van der Waals surface area contributed by atoms with Crippen LogP contribution in [0, 0.1) is 11.3 Å². The van der Waals surface area contributed by atoms with E-state index in [2.05, 4.69) is 56.8 Å². The highest BCUT2D eigenvalue weighted by molar-refractivity contribution is 9.10. The summed E-state index contributed by atoms with van der Waals surface area (Å²) in [7, 11) is 0. The SMILES string of the molecule is CCc1[nH]c2nc(Oc3ccc4ncnc(N5CC(N)C5)c4c3)nc(Oc3cncc(C#N)c3)c2c1Br. The minimum Gasteiger partial charge on any atom is -0.436 e. The lowest BCUT2D eigenvalue weighted by atomic mass is 10.1. The zero-order valence-corrected chi connectivity index (χ0v) is 21.2. The fraction of sp³-hybridized carbons (Fsp3) is 0.200. The second kappa shape index (κ2) is 9.27. The maximum absolute atomic E-state index is 9.23. The summed E-state index contributed by atoms with van der Waals surface area (Å²) < 4.78 is 13.0. The maximum Gasteiger partial charge on any atom is 0.327 e. The first kappa shape index (κ1) is 23.1. The van der Waals surface area contributed by atoms with E-state index in [1.807, 2.05) is 19.1 Å². The molecule has 4 aromatic heterocycles. The summed E-state index contributed by atoms with van der Waals surface area (Å²) in [6.45, 7) is 3.50. The number of rotatable bonds is 6. The number of benzene rings is 1. The number of aromatic nitrogens is 6. The molecular weight excluding hydrogens is 538 g/mol. The molecule has 1 aromatic carbocycles. The van der Waals surface area contributed by atoms with E-state index in [4.69, 9.17) is 15.2 Å². The quantitative estimate of drug-likeness (QED) is 0.310. The van der Waals surface area contributed by atoms with Crippen molar-refractivity contribution in [2.75, 3.05) is 18.0 Å². The fourth-order valence-electron chi connectivity index (χ4n) is 4.20. The van der Waals surface area contributed by atoms with E-state index in [-0.39, 0.29) is 17.9 Å². The van der Waals surface area contributed by atoms with Crippen LogP contribution in [0.2, 0.25) is 0 Å². The number of nitriles is 1. The molecule has 5 heterocycles. The van der Waals surface area contributed by atoms with E-state index in [1.54, 1.807) is 18.5 Å². The lowest BCUT2D eigenvalue weighted by Crippen LogP contribution is -2.56. The number of H-pyrrole nitrogens is 1. The first-order valence-corrected chi connectivity index (χ1v) is 12.4. The Kier molecular flexibility index (Phi) is 5.78. The van der Waals surface area contributed by atoms with Crippen LogP contribution in [0.1, 0.15) is 18.2 Å². The van der Waals surface area contributed by atoms with Crippen molar-refractivity contribution in [1.29, 1.82) is 5.26 Å². The third-order valence-corrected chi connectivity index (χ3v) is 6.90. The molecular formula is C25H20BrN9O2. The van der Waals surface area contributed by atoms with Crippen LogP contribution in [0.25, 0.3) is 21.9 Å². The number of aromatic amines is 1. The van der Waals surface area contributed by atoms with Gasteiger partial charge in [-0.1, -0.05) is 6.92 Å². The monoisotopic (exact) mass is 557 g/mol. The molecule has 0 atom stereocenters. The number of nitrogens with one attached hydrogen (secondary N) is 1. The third kappa shape index (κ3) is 4.28. The van der Waals surface area contributed by atoms with E-state index in [1.165, 1.54) is 12.4 Å². The van der Waals surface area contributed by atoms with Gasteiger partial charge in [0.05, 0.1) is 27.1 Å². The number of hydrogen-bond acceptors (Lipinski definition) is 10. The summed E-state index contributed by atoms with van der Waals surface area (Å²) in [5, 5.41) is 10.7. The van der Waals surface area contributed by atoms with Crippen molar-refractivity contribution < 1.29 is 9.47 Å². The van der Waals surface area contributed by atoms with E-state index in [9.17, 15) is 5.26 Å². The zero-order chi connectivity index (χ0) is 25.5. The van der Waals surface area contributed by atoms with E-state index < -0.39 is 0 Å². The number of aryl methyl sites for hydroxylation is 1. The molecule has 0 saturated carbocycles. The van der Waals surface area contributed by atoms with Gasteiger partial charge in [0.25, 0.3) is 0 Å². The molecule has 3 N–H and O–H groups in total. The van der Waals surface area contributed by atoms with Gasteiger partial charge in [-0.3, -0.25) is 4.98 Å². The number of halogens is 1. The summed E-state index contributed by atoms with van der Waals surface area (Å²) in [4.78, 5) is 27.5. The molecule has 1 fully saturated rings. The Morgan fingerprint density at radius 1 is 1.16 bits per heavy atom. The van der Waals surface area contributed by atoms with Gasteiger partial charge >= 0.3 is 6.01 Å². The number of pyridine rings is 1. The standard InChI is InChI=1S/C25H20BrN9O2/c1-2-18-21(26)20-22(32-18)33-25(34-24(20)36-16-5-13(7-27)8-29-9-16)37-15-3-4-19-17(6-15)23(31-12-30-19)35-10-14(28)11-35/h3-6,8-9,12,14H,2,10-11,28H2,1H3,(H,32,33,34). The average molecular weight is 558 g/mol. The minimum absolute atomic E-state index is 0.0898. The van der Waals surface area contributed by atoms with Gasteiger partial charge in [-0.2, -0.15) is 15.2 Å². The van der Waals surface area contributed by atoms with Crippen LogP contribution < -0.4 is 20.1 Å². The Hall–Kier alpha value is -4.34. The van der Waals surface area contributed by atoms with E-state index >= 15 is 0 Å². The minimum atomic E-state index is 0.0898. The van der Waals surface area contributed by atoms with Gasteiger partial charge in [0.15, 0.2) is 0 Å². The van der Waals surface area contributed by atoms with Gasteiger partial charge in [0.2, 0.25) is 5.88 Å². The number of hydrogen-bond donors (Lipinski definition) is 2. The molecule has 6 rings (SSSR count). The Bertz CT molecular complexity index is 1690. The molecule has 0 aliphatic carbocycles. The van der Waals surface area contributed by atoms with Crippen molar-refractivity contribution in [3.8, 4) is 29.5 Å². The summed E-state index contributed by atoms with van der Waals surface area (Å²) in [6, 6.07) is 9.42. The van der Waals surface area contributed by atoms with Crippen LogP contribution in [-0.2, 0) is 6.42 Å². The van der Waals surface area contributed by atoms with Crippen LogP contribution in [0.5, 0.6) is 23.4 Å². The Labute approximate surface area is 219 Å². The Morgan fingerprint density at radius 2 is 2.03 bits per heavy atom. The first-order valence-electron chi connectivity index (χ1n) is 11.6. The normalized spacial score (nSPS) is 13.5. The van der Waals surface area contributed by atoms with Crippen molar-refractivity contribution in [1.82, 2.24) is 29.9 Å². The highest BCUT2D eigenvalue weighted by Gasteiger charge is 2.26. The van der Waals surface area contributed by atoms with Crippen molar-refractivity contribution >= 4 is 43.7 Å². The van der Waals surface area contributed by atoms with Crippen molar-refractivity contribution in [2.45, 2.75) is 19.4 Å². The van der Waals surface area contributed by atoms with Crippen molar-refractivity contribution in [3.05, 3.63) is 58.7 Å². The number of nitrogens with zero attached hydrogens (tertiary/aromatic N) is 7. The third-order valence-electron chi connectivity index (χ3n) is 6.02. The molecule has 0 radical (unpaired) electrons. The average Bonchev–Trinajstić information content (AvgIpc) is 3.22. The lowest BCUT2D eigenvalue weighted by Gasteiger charge is -2.38. The first-order chi connectivity index (χ1) is 18.0. The summed E-state index contributed by atoms with van der Waals surface area (Å²) in [5.41, 5.74) is 8.63. The number of fused-ring (bicyclic) bond motifs is 2. The molecule has 37 heavy (non-hydrogen) atoms. The summed E-state index contributed by atoms with van der Waals surface area (Å²) >= 11 is 3.63. The van der Waals surface area contributed by atoms with Gasteiger partial charge in [0.1, 0.15) is 35.4 Å². The predicted molar refractivity (Wildman–Crippen MR) is 140 cm³/mol. The van der Waals surface area contributed by atoms with Gasteiger partial charge in [-0.25, -0.2) is 9.97 Å². The van der Waals surface area contributed by atoms with E-state index in [0.29, 0.717) is 28.1 Å². The second-order valence-electron chi connectivity index (χ2n) is 8.57. The van der Waals surface area contributed by atoms with Gasteiger partial charge < -0.3 is 25.1 Å². The highest BCUT2D eigenvalue weighted by Crippen LogP contribution is 2.38. The second-order valence-corrected chi connectivity index (χ2v) is 9.37. The van der Waals surface area contributed by atoms with Crippen LogP contribution >= 0.6 is 15.9 Å². The molecule has 5 aromatic rings. The van der Waals surface area contributed by atoms with Gasteiger partial charge in [0, 0.05) is 42.5 Å². The Morgan fingerprint density at radius 3 is 2.81 bits per heavy atom. The van der Waals surface area contributed by atoms with Crippen LogP contribution in [0.3, 0.4) is 0 Å². The molecule has 1 aliphatic heterocycles. The highest BCUT2D eigenvalue weighted by atomic mass is 79.9. The Balaban J connectivity index is 1.40. The number of nitrogens with two attached hydrogens (primary N) is 1. The number of anilines is 1. The molecule has 184 valence electrons. The maximum atomic E-state index is 9.23. The smallest absolute Gasteiger partial charge is 0.327 e. The van der Waals surface area contributed by atoms with Gasteiger partial charge in [-0.15, -0.1) is 0 Å². The molecule has 1 aliphatic rings. The molecule has 0 spiro atoms. The molecule has 1 saturated heterocycles. The molecule has 11 nitrogen and oxygen atoms in total.